The van der Waals surface area contributed by atoms with Gasteiger partial charge in [0.2, 0.25) is 5.91 Å². The first-order valence-corrected chi connectivity index (χ1v) is 12.8. The summed E-state index contributed by atoms with van der Waals surface area (Å²) in [6.07, 6.45) is 5.32. The molecule has 2 N–H and O–H groups in total. The molecule has 0 aliphatic carbocycles. The van der Waals surface area contributed by atoms with Gasteiger partial charge < -0.3 is 15.0 Å². The largest absolute Gasteiger partial charge is 0.481 e. The Labute approximate surface area is 222 Å². The maximum absolute atomic E-state index is 13.7. The minimum Gasteiger partial charge on any atom is -0.481 e. The summed E-state index contributed by atoms with van der Waals surface area (Å²) in [6.45, 7) is 9.86. The zero-order chi connectivity index (χ0) is 27.6. The SMILES string of the molecule is Cc1ccn([C@H](CC(C)C)C(=O)N[C@H](CC(=O)O)c2cc(-c3c(C)cccc3C)n3ccnc3c2)c(=O)c1. The molecule has 4 rings (SSSR count). The third-order valence-corrected chi connectivity index (χ3v) is 6.80. The lowest BCUT2D eigenvalue weighted by atomic mass is 9.95. The summed E-state index contributed by atoms with van der Waals surface area (Å²) in [4.78, 5) is 42.8. The summed E-state index contributed by atoms with van der Waals surface area (Å²) in [5.74, 6) is -1.30. The van der Waals surface area contributed by atoms with Crippen LogP contribution >= 0.6 is 0 Å². The molecule has 8 heteroatoms. The van der Waals surface area contributed by atoms with Gasteiger partial charge in [0.05, 0.1) is 18.2 Å². The second-order valence-electron chi connectivity index (χ2n) is 10.4. The third kappa shape index (κ3) is 5.69. The second kappa shape index (κ2) is 11.0. The Balaban J connectivity index is 1.79. The first-order chi connectivity index (χ1) is 18.0. The number of aryl methyl sites for hydroxylation is 3. The Kier molecular flexibility index (Phi) is 7.80. The van der Waals surface area contributed by atoms with Crippen LogP contribution in [0.1, 0.15) is 61.0 Å². The zero-order valence-electron chi connectivity index (χ0n) is 22.4. The van der Waals surface area contributed by atoms with E-state index in [4.69, 9.17) is 0 Å². The van der Waals surface area contributed by atoms with E-state index >= 15 is 0 Å². The highest BCUT2D eigenvalue weighted by Gasteiger charge is 2.27. The zero-order valence-corrected chi connectivity index (χ0v) is 22.4. The molecule has 2 atom stereocenters. The fourth-order valence-electron chi connectivity index (χ4n) is 4.99. The number of amides is 1. The van der Waals surface area contributed by atoms with Crippen molar-refractivity contribution < 1.29 is 14.7 Å². The predicted molar refractivity (Wildman–Crippen MR) is 147 cm³/mol. The molecule has 0 aliphatic heterocycles. The molecule has 4 aromatic rings. The van der Waals surface area contributed by atoms with E-state index in [2.05, 4.69) is 10.3 Å². The van der Waals surface area contributed by atoms with Crippen LogP contribution in [0.25, 0.3) is 16.9 Å². The van der Waals surface area contributed by atoms with Crippen molar-refractivity contribution in [3.05, 3.63) is 93.7 Å². The number of carboxylic acids is 1. The maximum Gasteiger partial charge on any atom is 0.305 e. The topological polar surface area (TPSA) is 106 Å². The summed E-state index contributed by atoms with van der Waals surface area (Å²) in [6, 6.07) is 11.5. The first kappa shape index (κ1) is 26.9. The molecule has 0 saturated carbocycles. The van der Waals surface area contributed by atoms with E-state index in [0.717, 1.165) is 27.9 Å². The smallest absolute Gasteiger partial charge is 0.305 e. The third-order valence-electron chi connectivity index (χ3n) is 6.80. The fraction of sp³-hybridized carbons (Fsp3) is 0.333. The average Bonchev–Trinajstić information content (AvgIpc) is 3.31. The molecular formula is C30H34N4O4. The number of rotatable bonds is 9. The van der Waals surface area contributed by atoms with E-state index < -0.39 is 24.0 Å². The van der Waals surface area contributed by atoms with Crippen molar-refractivity contribution in [3.63, 3.8) is 0 Å². The molecule has 0 unspecified atom stereocenters. The lowest BCUT2D eigenvalue weighted by Gasteiger charge is -2.25. The highest BCUT2D eigenvalue weighted by atomic mass is 16.4. The Morgan fingerprint density at radius 1 is 1.03 bits per heavy atom. The standard InChI is InChI=1S/C30H34N4O4/c1-18(2)13-25(34-11-9-19(3)14-27(34)35)30(38)32-23(17-28(36)37)22-15-24(33-12-10-31-26(33)16-22)29-20(4)7-6-8-21(29)5/h6-12,14-16,18,23,25H,13,17H2,1-5H3,(H,32,38)(H,36,37)/t23-,25-/m1/s1. The highest BCUT2D eigenvalue weighted by Crippen LogP contribution is 2.31. The van der Waals surface area contributed by atoms with Gasteiger partial charge >= 0.3 is 5.97 Å². The number of fused-ring (bicyclic) bond motifs is 1. The summed E-state index contributed by atoms with van der Waals surface area (Å²) in [5, 5.41) is 12.7. The van der Waals surface area contributed by atoms with E-state index in [1.165, 1.54) is 10.6 Å². The number of nitrogens with zero attached hydrogens (tertiary/aromatic N) is 3. The molecule has 0 fully saturated rings. The first-order valence-electron chi connectivity index (χ1n) is 12.8. The molecule has 0 bridgehead atoms. The number of carbonyl (C=O) groups is 2. The molecule has 38 heavy (non-hydrogen) atoms. The predicted octanol–water partition coefficient (Wildman–Crippen LogP) is 5.01. The Hall–Kier alpha value is -4.20. The van der Waals surface area contributed by atoms with Crippen LogP contribution in [0.2, 0.25) is 0 Å². The molecule has 3 heterocycles. The van der Waals surface area contributed by atoms with E-state index in [1.807, 2.05) is 69.5 Å². The quantitative estimate of drug-likeness (QED) is 0.327. The number of carbonyl (C=O) groups excluding carboxylic acids is 1. The number of aromatic nitrogens is 3. The molecule has 8 nitrogen and oxygen atoms in total. The Bertz CT molecular complexity index is 1530. The van der Waals surface area contributed by atoms with Crippen molar-refractivity contribution in [1.29, 1.82) is 0 Å². The van der Waals surface area contributed by atoms with Crippen LogP contribution in [0.3, 0.4) is 0 Å². The number of nitrogens with one attached hydrogen (secondary N) is 1. The van der Waals surface area contributed by atoms with Crippen molar-refractivity contribution >= 4 is 17.5 Å². The van der Waals surface area contributed by atoms with Crippen LogP contribution in [0.5, 0.6) is 0 Å². The van der Waals surface area contributed by atoms with Gasteiger partial charge in [-0.25, -0.2) is 4.98 Å². The number of imidazole rings is 1. The molecule has 0 spiro atoms. The number of hydrogen-bond donors (Lipinski definition) is 2. The van der Waals surface area contributed by atoms with Gasteiger partial charge in [-0.05, 0) is 73.6 Å². The Morgan fingerprint density at radius 2 is 1.74 bits per heavy atom. The van der Waals surface area contributed by atoms with E-state index in [1.54, 1.807) is 24.5 Å². The number of pyridine rings is 2. The molecule has 1 amide bonds. The molecule has 0 radical (unpaired) electrons. The van der Waals surface area contributed by atoms with Crippen molar-refractivity contribution in [2.45, 2.75) is 59.5 Å². The van der Waals surface area contributed by atoms with Crippen LogP contribution < -0.4 is 10.9 Å². The Morgan fingerprint density at radius 3 is 2.37 bits per heavy atom. The van der Waals surface area contributed by atoms with Gasteiger partial charge in [-0.1, -0.05) is 32.0 Å². The monoisotopic (exact) mass is 514 g/mol. The van der Waals surface area contributed by atoms with E-state index in [0.29, 0.717) is 17.6 Å². The van der Waals surface area contributed by atoms with Crippen LogP contribution in [-0.4, -0.2) is 30.9 Å². The summed E-state index contributed by atoms with van der Waals surface area (Å²) in [5.41, 5.74) is 5.88. The number of carboxylic acid groups (broad SMARTS) is 1. The van der Waals surface area contributed by atoms with Gasteiger partial charge in [0.25, 0.3) is 5.56 Å². The van der Waals surface area contributed by atoms with Crippen molar-refractivity contribution in [2.24, 2.45) is 5.92 Å². The van der Waals surface area contributed by atoms with Gasteiger partial charge in [-0.15, -0.1) is 0 Å². The van der Waals surface area contributed by atoms with E-state index in [-0.39, 0.29) is 17.9 Å². The lowest BCUT2D eigenvalue weighted by molar-refractivity contribution is -0.138. The molecule has 3 aromatic heterocycles. The van der Waals surface area contributed by atoms with Crippen LogP contribution in [-0.2, 0) is 9.59 Å². The van der Waals surface area contributed by atoms with Crippen molar-refractivity contribution in [2.75, 3.05) is 0 Å². The van der Waals surface area contributed by atoms with Gasteiger partial charge in [0, 0.05) is 30.2 Å². The van der Waals surface area contributed by atoms with Gasteiger partial charge in [0.15, 0.2) is 0 Å². The molecular weight excluding hydrogens is 480 g/mol. The van der Waals surface area contributed by atoms with Crippen LogP contribution in [0.4, 0.5) is 0 Å². The van der Waals surface area contributed by atoms with E-state index in [9.17, 15) is 19.5 Å². The second-order valence-corrected chi connectivity index (χ2v) is 10.4. The molecule has 0 aliphatic rings. The van der Waals surface area contributed by atoms with Crippen LogP contribution in [0, 0.1) is 26.7 Å². The minimum absolute atomic E-state index is 0.133. The van der Waals surface area contributed by atoms with Gasteiger partial charge in [0.1, 0.15) is 11.7 Å². The summed E-state index contributed by atoms with van der Waals surface area (Å²) >= 11 is 0. The number of aliphatic carboxylic acids is 1. The average molecular weight is 515 g/mol. The van der Waals surface area contributed by atoms with Gasteiger partial charge in [-0.2, -0.15) is 0 Å². The maximum atomic E-state index is 13.7. The van der Waals surface area contributed by atoms with Crippen LogP contribution in [0.15, 0.2) is 65.8 Å². The van der Waals surface area contributed by atoms with Gasteiger partial charge in [-0.3, -0.25) is 18.8 Å². The molecule has 1 aromatic carbocycles. The molecule has 0 saturated heterocycles. The molecule has 198 valence electrons. The highest BCUT2D eigenvalue weighted by molar-refractivity contribution is 5.82. The summed E-state index contributed by atoms with van der Waals surface area (Å²) in [7, 11) is 0. The normalized spacial score (nSPS) is 13.0. The minimum atomic E-state index is -1.04. The summed E-state index contributed by atoms with van der Waals surface area (Å²) < 4.78 is 3.39. The lowest BCUT2D eigenvalue weighted by Crippen LogP contribution is -2.40. The fourth-order valence-corrected chi connectivity index (χ4v) is 4.99. The number of hydrogen-bond acceptors (Lipinski definition) is 4. The van der Waals surface area contributed by atoms with Crippen molar-refractivity contribution in [3.8, 4) is 11.3 Å². The van der Waals surface area contributed by atoms with Crippen molar-refractivity contribution in [1.82, 2.24) is 19.3 Å². The number of benzene rings is 1.